The van der Waals surface area contributed by atoms with Crippen molar-refractivity contribution in [3.8, 4) is 11.3 Å². The molecular weight excluding hydrogens is 541 g/mol. The molecule has 0 bridgehead atoms. The number of anilines is 2. The molecule has 5 aromatic rings. The van der Waals surface area contributed by atoms with E-state index in [0.717, 1.165) is 53.8 Å². The Morgan fingerprint density at radius 3 is 2.65 bits per heavy atom. The number of nitrogens with zero attached hydrogens (tertiary/aromatic N) is 5. The van der Waals surface area contributed by atoms with Crippen molar-refractivity contribution >= 4 is 34.0 Å². The highest BCUT2D eigenvalue weighted by molar-refractivity contribution is 6.16. The molecule has 8 nitrogen and oxygen atoms in total. The van der Waals surface area contributed by atoms with Gasteiger partial charge < -0.3 is 15.2 Å². The molecule has 43 heavy (non-hydrogen) atoms. The van der Waals surface area contributed by atoms with Gasteiger partial charge in [0.1, 0.15) is 16.9 Å². The Morgan fingerprint density at radius 1 is 1.00 bits per heavy atom. The number of fused-ring (bicyclic) bond motifs is 3. The van der Waals surface area contributed by atoms with Crippen LogP contribution in [0.2, 0.25) is 0 Å². The smallest absolute Gasteiger partial charge is 0.228 e. The monoisotopic (exact) mass is 571 g/mol. The number of H-pyrrole nitrogens is 1. The third-order valence-electron chi connectivity index (χ3n) is 8.72. The van der Waals surface area contributed by atoms with E-state index in [0.29, 0.717) is 28.4 Å². The van der Waals surface area contributed by atoms with Crippen molar-refractivity contribution < 1.29 is 9.18 Å². The van der Waals surface area contributed by atoms with E-state index in [2.05, 4.69) is 31.2 Å². The summed E-state index contributed by atoms with van der Waals surface area (Å²) in [5.41, 5.74) is 6.29. The molecule has 9 heteroatoms. The van der Waals surface area contributed by atoms with E-state index in [4.69, 9.17) is 9.98 Å². The molecule has 2 fully saturated rings. The summed E-state index contributed by atoms with van der Waals surface area (Å²) in [6.07, 6.45) is 10.4. The van der Waals surface area contributed by atoms with E-state index in [-0.39, 0.29) is 18.0 Å². The number of imidazole rings is 1. The van der Waals surface area contributed by atoms with Crippen molar-refractivity contribution in [2.45, 2.75) is 44.1 Å². The van der Waals surface area contributed by atoms with E-state index >= 15 is 4.39 Å². The van der Waals surface area contributed by atoms with E-state index in [1.54, 1.807) is 24.7 Å². The average Bonchev–Trinajstić information content (AvgIpc) is 3.55. The van der Waals surface area contributed by atoms with Gasteiger partial charge in [-0.15, -0.1) is 0 Å². The zero-order valence-electron chi connectivity index (χ0n) is 23.6. The number of benzene rings is 2. The Kier molecular flexibility index (Phi) is 6.06. The molecule has 2 N–H and O–H groups in total. The molecule has 3 aromatic heterocycles. The normalized spacial score (nSPS) is 16.8. The van der Waals surface area contributed by atoms with Gasteiger partial charge >= 0.3 is 0 Å². The molecule has 1 spiro atoms. The van der Waals surface area contributed by atoms with Crippen LogP contribution < -0.4 is 10.2 Å². The number of nitrogens with one attached hydrogen (secondary N) is 2. The van der Waals surface area contributed by atoms with E-state index < -0.39 is 11.4 Å². The second kappa shape index (κ2) is 10.1. The standard InChI is InChI=1S/C34H30FN7O/c35-29-28-24(20-37-30(29)22-17-23(19-36-18-22)38-27(43)16-21-8-3-1-4-9-21)34(12-13-34)41-32(28)33-39-25-10-7-11-26(31(25)40-33)42-14-5-2-6-15-42/h1,3-4,7-11,17-20H,2,5-6,12-16H2,(H,38,43)(H,39,40). The average molecular weight is 572 g/mol. The summed E-state index contributed by atoms with van der Waals surface area (Å²) in [4.78, 5) is 37.4. The number of rotatable bonds is 6. The molecule has 2 aliphatic heterocycles. The molecule has 1 saturated heterocycles. The van der Waals surface area contributed by atoms with Gasteiger partial charge in [-0.2, -0.15) is 0 Å². The maximum atomic E-state index is 16.6. The second-order valence-electron chi connectivity index (χ2n) is 11.7. The lowest BCUT2D eigenvalue weighted by atomic mass is 9.99. The number of carbonyl (C=O) groups excluding carboxylic acids is 1. The molecule has 3 aliphatic rings. The van der Waals surface area contributed by atoms with E-state index in [9.17, 15) is 4.79 Å². The first kappa shape index (κ1) is 25.8. The van der Waals surface area contributed by atoms with Crippen LogP contribution in [0.15, 0.2) is 78.2 Å². The number of aliphatic imine (C=N–C) groups is 1. The van der Waals surface area contributed by atoms with Crippen LogP contribution in [0, 0.1) is 5.82 Å². The molecule has 214 valence electrons. The zero-order chi connectivity index (χ0) is 29.0. The van der Waals surface area contributed by atoms with Crippen LogP contribution in [0.1, 0.15) is 54.6 Å². The number of piperidine rings is 1. The van der Waals surface area contributed by atoms with Gasteiger partial charge in [-0.25, -0.2) is 9.37 Å². The predicted octanol–water partition coefficient (Wildman–Crippen LogP) is 6.17. The lowest BCUT2D eigenvalue weighted by Gasteiger charge is -2.28. The van der Waals surface area contributed by atoms with Crippen LogP contribution in [0.3, 0.4) is 0 Å². The maximum Gasteiger partial charge on any atom is 0.228 e. The highest BCUT2D eigenvalue weighted by Gasteiger charge is 2.52. The van der Waals surface area contributed by atoms with Crippen LogP contribution in [0.25, 0.3) is 22.3 Å². The quantitative estimate of drug-likeness (QED) is 0.254. The fourth-order valence-electron chi connectivity index (χ4n) is 6.42. The number of hydrogen-bond donors (Lipinski definition) is 2. The highest BCUT2D eigenvalue weighted by Crippen LogP contribution is 2.55. The largest absolute Gasteiger partial charge is 0.370 e. The molecular formula is C34H30FN7O. The summed E-state index contributed by atoms with van der Waals surface area (Å²) in [5, 5.41) is 2.88. The Morgan fingerprint density at radius 2 is 1.84 bits per heavy atom. The van der Waals surface area contributed by atoms with Crippen LogP contribution in [-0.4, -0.2) is 44.6 Å². The summed E-state index contributed by atoms with van der Waals surface area (Å²) >= 11 is 0. The van der Waals surface area contributed by atoms with E-state index in [1.807, 2.05) is 42.5 Å². The molecule has 1 saturated carbocycles. The van der Waals surface area contributed by atoms with Crippen molar-refractivity contribution in [1.82, 2.24) is 19.9 Å². The lowest BCUT2D eigenvalue weighted by Crippen LogP contribution is -2.29. The molecule has 8 rings (SSSR count). The van der Waals surface area contributed by atoms with Gasteiger partial charge in [0.15, 0.2) is 11.6 Å². The first-order chi connectivity index (χ1) is 21.1. The van der Waals surface area contributed by atoms with Gasteiger partial charge in [0.25, 0.3) is 0 Å². The Balaban J connectivity index is 1.14. The molecule has 1 amide bonds. The molecule has 2 aromatic carbocycles. The minimum absolute atomic E-state index is 0.168. The number of halogens is 1. The Bertz CT molecular complexity index is 1910. The summed E-state index contributed by atoms with van der Waals surface area (Å²) in [6.45, 7) is 2.02. The summed E-state index contributed by atoms with van der Waals surface area (Å²) in [6, 6.07) is 17.4. The minimum Gasteiger partial charge on any atom is -0.370 e. The maximum absolute atomic E-state index is 16.6. The molecule has 0 unspecified atom stereocenters. The first-order valence-corrected chi connectivity index (χ1v) is 14.9. The Labute approximate surface area is 248 Å². The van der Waals surface area contributed by atoms with Crippen molar-refractivity contribution in [3.05, 3.63) is 102 Å². The number of carbonyl (C=O) groups is 1. The molecule has 0 radical (unpaired) electrons. The van der Waals surface area contributed by atoms with Crippen molar-refractivity contribution in [1.29, 1.82) is 0 Å². The van der Waals surface area contributed by atoms with Crippen LogP contribution in [-0.2, 0) is 16.8 Å². The van der Waals surface area contributed by atoms with Crippen molar-refractivity contribution in [3.63, 3.8) is 0 Å². The molecule has 0 atom stereocenters. The van der Waals surface area contributed by atoms with Crippen molar-refractivity contribution in [2.24, 2.45) is 4.99 Å². The van der Waals surface area contributed by atoms with Gasteiger partial charge in [0.05, 0.1) is 35.0 Å². The topological polar surface area (TPSA) is 99.2 Å². The number of amides is 1. The van der Waals surface area contributed by atoms with Gasteiger partial charge in [-0.1, -0.05) is 36.4 Å². The van der Waals surface area contributed by atoms with Gasteiger partial charge in [0, 0.05) is 42.2 Å². The van der Waals surface area contributed by atoms with E-state index in [1.165, 1.54) is 19.3 Å². The van der Waals surface area contributed by atoms with Crippen molar-refractivity contribution in [2.75, 3.05) is 23.3 Å². The predicted molar refractivity (Wildman–Crippen MR) is 165 cm³/mol. The van der Waals surface area contributed by atoms with Gasteiger partial charge in [-0.3, -0.25) is 19.8 Å². The van der Waals surface area contributed by atoms with Gasteiger partial charge in [-0.05, 0) is 55.9 Å². The summed E-state index contributed by atoms with van der Waals surface area (Å²) in [5.74, 6) is -0.0571. The summed E-state index contributed by atoms with van der Waals surface area (Å²) in [7, 11) is 0. The molecule has 1 aliphatic carbocycles. The SMILES string of the molecule is O=C(Cc1ccccc1)Nc1cncc(-c2ncc3c(c2F)C(c2nc4c(N5CCCCC5)cccc4[nH]2)=NC32CC2)c1. The van der Waals surface area contributed by atoms with Crippen LogP contribution in [0.4, 0.5) is 15.8 Å². The highest BCUT2D eigenvalue weighted by atomic mass is 19.1. The first-order valence-electron chi connectivity index (χ1n) is 14.9. The van der Waals surface area contributed by atoms with Crippen LogP contribution in [0.5, 0.6) is 0 Å². The Hall–Kier alpha value is -4.92. The number of hydrogen-bond acceptors (Lipinski definition) is 6. The number of aromatic nitrogens is 4. The molecule has 5 heterocycles. The second-order valence-corrected chi connectivity index (χ2v) is 11.7. The fourth-order valence-corrected chi connectivity index (χ4v) is 6.42. The lowest BCUT2D eigenvalue weighted by molar-refractivity contribution is -0.115. The number of para-hydroxylation sites is 1. The number of pyridine rings is 2. The number of aromatic amines is 1. The fraction of sp³-hybridized carbons (Fsp3) is 0.265. The van der Waals surface area contributed by atoms with Gasteiger partial charge in [0.2, 0.25) is 5.91 Å². The zero-order valence-corrected chi connectivity index (χ0v) is 23.6. The third kappa shape index (κ3) is 4.56. The summed E-state index contributed by atoms with van der Waals surface area (Å²) < 4.78 is 16.6. The minimum atomic E-state index is -0.453. The van der Waals surface area contributed by atoms with Crippen LogP contribution >= 0.6 is 0 Å². The third-order valence-corrected chi connectivity index (χ3v) is 8.72.